The molecular formula is C24H25N2O4-. The highest BCUT2D eigenvalue weighted by Gasteiger charge is 2.46. The molecule has 1 heterocycles. The van der Waals surface area contributed by atoms with Gasteiger partial charge in [-0.25, -0.2) is 9.97 Å². The molecule has 0 saturated carbocycles. The van der Waals surface area contributed by atoms with Crippen LogP contribution < -0.4 is 9.84 Å². The molecule has 0 aliphatic heterocycles. The van der Waals surface area contributed by atoms with Gasteiger partial charge in [-0.1, -0.05) is 67.6 Å². The van der Waals surface area contributed by atoms with Crippen molar-refractivity contribution in [1.29, 1.82) is 0 Å². The zero-order valence-corrected chi connectivity index (χ0v) is 17.4. The standard InChI is InChI=1S/C24H26N2O4/c1-4-15-29-24(19-11-7-5-8-12-19,20-13-9-6-10-14-20)21(22(27)28)30-23-25-17(2)16-18(3)26-23/h5-14,16,21H,4,15H2,1-3H3,(H,27,28)/p-1/t21-/m1/s1. The van der Waals surface area contributed by atoms with Crippen molar-refractivity contribution >= 4 is 5.97 Å². The van der Waals surface area contributed by atoms with Gasteiger partial charge in [0, 0.05) is 18.0 Å². The average molecular weight is 405 g/mol. The highest BCUT2D eigenvalue weighted by molar-refractivity contribution is 5.74. The average Bonchev–Trinajstić information content (AvgIpc) is 2.74. The lowest BCUT2D eigenvalue weighted by atomic mass is 9.81. The zero-order chi connectivity index (χ0) is 21.6. The summed E-state index contributed by atoms with van der Waals surface area (Å²) in [5.74, 6) is -1.42. The lowest BCUT2D eigenvalue weighted by Crippen LogP contribution is -2.56. The number of aliphatic carboxylic acids is 1. The number of carbonyl (C=O) groups is 1. The van der Waals surface area contributed by atoms with Crippen LogP contribution in [-0.4, -0.2) is 28.6 Å². The summed E-state index contributed by atoms with van der Waals surface area (Å²) in [5.41, 5.74) is 1.19. The molecule has 30 heavy (non-hydrogen) atoms. The Morgan fingerprint density at radius 2 is 1.47 bits per heavy atom. The number of ether oxygens (including phenoxy) is 2. The number of nitrogens with zero attached hydrogens (tertiary/aromatic N) is 2. The molecule has 0 radical (unpaired) electrons. The first-order valence-corrected chi connectivity index (χ1v) is 9.92. The van der Waals surface area contributed by atoms with Crippen LogP contribution >= 0.6 is 0 Å². The Morgan fingerprint density at radius 1 is 0.967 bits per heavy atom. The molecule has 0 saturated heterocycles. The molecule has 6 nitrogen and oxygen atoms in total. The largest absolute Gasteiger partial charge is 0.546 e. The molecule has 3 aromatic rings. The third-order valence-electron chi connectivity index (χ3n) is 4.71. The van der Waals surface area contributed by atoms with E-state index in [0.717, 1.165) is 0 Å². The summed E-state index contributed by atoms with van der Waals surface area (Å²) in [7, 11) is 0. The molecule has 0 spiro atoms. The molecule has 0 N–H and O–H groups in total. The maximum absolute atomic E-state index is 12.5. The molecule has 156 valence electrons. The summed E-state index contributed by atoms with van der Waals surface area (Å²) in [5, 5.41) is 12.5. The third kappa shape index (κ3) is 4.49. The van der Waals surface area contributed by atoms with Gasteiger partial charge in [0.1, 0.15) is 0 Å². The Balaban J connectivity index is 2.22. The van der Waals surface area contributed by atoms with Crippen LogP contribution in [0.15, 0.2) is 66.7 Å². The topological polar surface area (TPSA) is 84.4 Å². The Labute approximate surface area is 176 Å². The second-order valence-corrected chi connectivity index (χ2v) is 7.07. The molecule has 0 amide bonds. The van der Waals surface area contributed by atoms with E-state index in [9.17, 15) is 9.90 Å². The van der Waals surface area contributed by atoms with Gasteiger partial charge >= 0.3 is 6.01 Å². The Morgan fingerprint density at radius 3 is 1.90 bits per heavy atom. The molecule has 1 atom stereocenters. The predicted molar refractivity (Wildman–Crippen MR) is 111 cm³/mol. The highest BCUT2D eigenvalue weighted by atomic mass is 16.6. The van der Waals surface area contributed by atoms with Crippen molar-refractivity contribution in [2.24, 2.45) is 0 Å². The minimum absolute atomic E-state index is 0.0296. The van der Waals surface area contributed by atoms with Crippen molar-refractivity contribution in [3.63, 3.8) is 0 Å². The van der Waals surface area contributed by atoms with Gasteiger partial charge in [0.25, 0.3) is 0 Å². The SMILES string of the molecule is CCCOC(c1ccccc1)(c1ccccc1)[C@H](Oc1nc(C)cc(C)n1)C(=O)[O-]. The van der Waals surface area contributed by atoms with Crippen LogP contribution in [0.25, 0.3) is 0 Å². The van der Waals surface area contributed by atoms with Crippen LogP contribution in [0.4, 0.5) is 0 Å². The van der Waals surface area contributed by atoms with Gasteiger partial charge in [-0.15, -0.1) is 0 Å². The normalized spacial score (nSPS) is 12.4. The first-order valence-electron chi connectivity index (χ1n) is 9.92. The molecule has 0 aliphatic carbocycles. The van der Waals surface area contributed by atoms with E-state index in [0.29, 0.717) is 35.5 Å². The quantitative estimate of drug-likeness (QED) is 0.544. The van der Waals surface area contributed by atoms with E-state index in [1.807, 2.05) is 67.6 Å². The van der Waals surface area contributed by atoms with E-state index < -0.39 is 17.7 Å². The molecular weight excluding hydrogens is 380 g/mol. The number of benzene rings is 2. The van der Waals surface area contributed by atoms with Crippen LogP contribution in [-0.2, 0) is 15.1 Å². The van der Waals surface area contributed by atoms with Gasteiger partial charge in [-0.2, -0.15) is 0 Å². The van der Waals surface area contributed by atoms with E-state index >= 15 is 0 Å². The first-order chi connectivity index (χ1) is 14.5. The van der Waals surface area contributed by atoms with Gasteiger partial charge in [0.15, 0.2) is 11.7 Å². The summed E-state index contributed by atoms with van der Waals surface area (Å²) in [6, 6.07) is 20.1. The van der Waals surface area contributed by atoms with Crippen LogP contribution in [0.2, 0.25) is 0 Å². The predicted octanol–water partition coefficient (Wildman–Crippen LogP) is 2.96. The number of carboxylic acids is 1. The molecule has 6 heteroatoms. The van der Waals surface area contributed by atoms with E-state index in [-0.39, 0.29) is 6.01 Å². The van der Waals surface area contributed by atoms with Crippen molar-refractivity contribution < 1.29 is 19.4 Å². The number of carboxylic acid groups (broad SMARTS) is 1. The minimum Gasteiger partial charge on any atom is -0.546 e. The molecule has 0 unspecified atom stereocenters. The van der Waals surface area contributed by atoms with Crippen molar-refractivity contribution in [2.75, 3.05) is 6.61 Å². The number of carbonyl (C=O) groups excluding carboxylic acids is 1. The van der Waals surface area contributed by atoms with Crippen molar-refractivity contribution in [1.82, 2.24) is 9.97 Å². The molecule has 0 fully saturated rings. The van der Waals surface area contributed by atoms with E-state index in [4.69, 9.17) is 9.47 Å². The smallest absolute Gasteiger partial charge is 0.317 e. The van der Waals surface area contributed by atoms with Crippen LogP contribution in [0.1, 0.15) is 35.9 Å². The Hall–Kier alpha value is -3.25. The highest BCUT2D eigenvalue weighted by Crippen LogP contribution is 2.39. The molecule has 1 aromatic heterocycles. The summed E-state index contributed by atoms with van der Waals surface area (Å²) < 4.78 is 12.2. The first kappa shape index (κ1) is 21.5. The lowest BCUT2D eigenvalue weighted by Gasteiger charge is -2.41. The summed E-state index contributed by atoms with van der Waals surface area (Å²) in [6.07, 6.45) is -0.823. The van der Waals surface area contributed by atoms with Gasteiger partial charge in [0.2, 0.25) is 0 Å². The molecule has 2 aromatic carbocycles. The van der Waals surface area contributed by atoms with Gasteiger partial charge < -0.3 is 19.4 Å². The lowest BCUT2D eigenvalue weighted by molar-refractivity contribution is -0.321. The Kier molecular flexibility index (Phi) is 6.79. The fraction of sp³-hybridized carbons (Fsp3) is 0.292. The fourth-order valence-electron chi connectivity index (χ4n) is 3.50. The number of hydrogen-bond donors (Lipinski definition) is 0. The molecule has 3 rings (SSSR count). The fourth-order valence-corrected chi connectivity index (χ4v) is 3.50. The third-order valence-corrected chi connectivity index (χ3v) is 4.71. The van der Waals surface area contributed by atoms with Crippen molar-refractivity contribution in [3.05, 3.63) is 89.2 Å². The Bertz CT molecular complexity index is 917. The van der Waals surface area contributed by atoms with E-state index in [1.165, 1.54) is 0 Å². The van der Waals surface area contributed by atoms with Crippen LogP contribution in [0.3, 0.4) is 0 Å². The minimum atomic E-state index is -1.52. The zero-order valence-electron chi connectivity index (χ0n) is 17.4. The van der Waals surface area contributed by atoms with E-state index in [2.05, 4.69) is 9.97 Å². The molecule has 0 bridgehead atoms. The van der Waals surface area contributed by atoms with Crippen LogP contribution in [0, 0.1) is 13.8 Å². The number of hydrogen-bond acceptors (Lipinski definition) is 6. The summed E-state index contributed by atoms with van der Waals surface area (Å²) in [6.45, 7) is 5.88. The van der Waals surface area contributed by atoms with Crippen molar-refractivity contribution in [2.45, 2.75) is 38.9 Å². The number of rotatable bonds is 9. The monoisotopic (exact) mass is 405 g/mol. The van der Waals surface area contributed by atoms with Crippen molar-refractivity contribution in [3.8, 4) is 6.01 Å². The van der Waals surface area contributed by atoms with Crippen LogP contribution in [0.5, 0.6) is 6.01 Å². The van der Waals surface area contributed by atoms with Gasteiger partial charge in [0.05, 0.1) is 5.97 Å². The summed E-state index contributed by atoms with van der Waals surface area (Å²) >= 11 is 0. The van der Waals surface area contributed by atoms with Gasteiger partial charge in [-0.3, -0.25) is 0 Å². The second kappa shape index (κ2) is 9.50. The second-order valence-electron chi connectivity index (χ2n) is 7.07. The summed E-state index contributed by atoms with van der Waals surface area (Å²) in [4.78, 5) is 21.0. The maximum Gasteiger partial charge on any atom is 0.317 e. The number of aryl methyl sites for hydroxylation is 2. The van der Waals surface area contributed by atoms with Gasteiger partial charge in [-0.05, 0) is 37.5 Å². The number of aromatic nitrogens is 2. The van der Waals surface area contributed by atoms with E-state index in [1.54, 1.807) is 19.9 Å². The maximum atomic E-state index is 12.5. The molecule has 0 aliphatic rings.